The van der Waals surface area contributed by atoms with E-state index < -0.39 is 123 Å². The maximum Gasteiger partial charge on any atom is 0.187 e. The third-order valence-electron chi connectivity index (χ3n) is 9.69. The van der Waals surface area contributed by atoms with Gasteiger partial charge in [0.25, 0.3) is 0 Å². The molecule has 3 aliphatic heterocycles. The Labute approximate surface area is 248 Å². The fourth-order valence-corrected chi connectivity index (χ4v) is 7.22. The van der Waals surface area contributed by atoms with Crippen molar-refractivity contribution in [3.05, 3.63) is 0 Å². The lowest BCUT2D eigenvalue weighted by Gasteiger charge is -2.52. The van der Waals surface area contributed by atoms with Gasteiger partial charge in [-0.2, -0.15) is 0 Å². The monoisotopic (exact) mass is 626 g/mol. The molecule has 16 heteroatoms. The second-order valence-corrected chi connectivity index (χ2v) is 12.5. The van der Waals surface area contributed by atoms with Crippen molar-refractivity contribution in [2.45, 2.75) is 136 Å². The zero-order valence-corrected chi connectivity index (χ0v) is 23.8. The van der Waals surface area contributed by atoms with E-state index in [4.69, 9.17) is 28.4 Å². The van der Waals surface area contributed by atoms with Gasteiger partial charge in [-0.1, -0.05) is 0 Å². The van der Waals surface area contributed by atoms with E-state index in [-0.39, 0.29) is 38.7 Å². The SMILES string of the molecule is COC1CC(C2OC3CC(O)CC(O)C3CC2OC2OC(CO)C(O)C(O)C2OC2OCC(O)C(O)C2O)CC(O)C1O. The van der Waals surface area contributed by atoms with Crippen molar-refractivity contribution in [3.63, 3.8) is 0 Å². The average Bonchev–Trinajstić information content (AvgIpc) is 2.97. The minimum absolute atomic E-state index is 0.127. The largest absolute Gasteiger partial charge is 0.394 e. The fourth-order valence-electron chi connectivity index (χ4n) is 7.22. The number of hydrogen-bond acceptors (Lipinski definition) is 16. The zero-order valence-electron chi connectivity index (χ0n) is 23.8. The lowest BCUT2D eigenvalue weighted by molar-refractivity contribution is -0.371. The molecule has 0 aromatic rings. The van der Waals surface area contributed by atoms with Gasteiger partial charge in [-0.15, -0.1) is 0 Å². The quantitative estimate of drug-likeness (QED) is 0.127. The second-order valence-electron chi connectivity index (χ2n) is 12.5. The Morgan fingerprint density at radius 2 is 1.40 bits per heavy atom. The summed E-state index contributed by atoms with van der Waals surface area (Å²) in [5.74, 6) is -0.869. The molecule has 2 aliphatic carbocycles. The molecule has 5 rings (SSSR count). The Morgan fingerprint density at radius 1 is 0.651 bits per heavy atom. The summed E-state index contributed by atoms with van der Waals surface area (Å²) in [5.41, 5.74) is 0. The van der Waals surface area contributed by atoms with Gasteiger partial charge >= 0.3 is 0 Å². The molecule has 0 bridgehead atoms. The summed E-state index contributed by atoms with van der Waals surface area (Å²) >= 11 is 0. The van der Waals surface area contributed by atoms with E-state index in [0.717, 1.165) is 0 Å². The lowest BCUT2D eigenvalue weighted by atomic mass is 9.72. The van der Waals surface area contributed by atoms with Gasteiger partial charge in [0.05, 0.1) is 55.9 Å². The first-order chi connectivity index (χ1) is 20.4. The zero-order chi connectivity index (χ0) is 31.2. The first-order valence-corrected chi connectivity index (χ1v) is 14.9. The Balaban J connectivity index is 1.41. The van der Waals surface area contributed by atoms with Crippen molar-refractivity contribution >= 4 is 0 Å². The molecular formula is C27H46O16. The van der Waals surface area contributed by atoms with Crippen LogP contribution < -0.4 is 0 Å². The van der Waals surface area contributed by atoms with Crippen LogP contribution in [0.5, 0.6) is 0 Å². The maximum absolute atomic E-state index is 11.0. The average molecular weight is 627 g/mol. The van der Waals surface area contributed by atoms with Crippen molar-refractivity contribution in [1.82, 2.24) is 0 Å². The Hall–Kier alpha value is -0.640. The van der Waals surface area contributed by atoms with Crippen LogP contribution in [0.15, 0.2) is 0 Å². The van der Waals surface area contributed by atoms with E-state index in [9.17, 15) is 51.1 Å². The van der Waals surface area contributed by atoms with Crippen molar-refractivity contribution in [3.8, 4) is 0 Å². The summed E-state index contributed by atoms with van der Waals surface area (Å²) in [6.45, 7) is -1.08. The summed E-state index contributed by atoms with van der Waals surface area (Å²) in [5, 5.41) is 104. The highest BCUT2D eigenvalue weighted by atomic mass is 16.8. The molecule has 43 heavy (non-hydrogen) atoms. The van der Waals surface area contributed by atoms with E-state index in [1.807, 2.05) is 0 Å². The number of aliphatic hydroxyl groups excluding tert-OH is 10. The molecule has 0 amide bonds. The highest BCUT2D eigenvalue weighted by molar-refractivity contribution is 5.00. The summed E-state index contributed by atoms with van der Waals surface area (Å²) in [6.07, 6.45) is -19.7. The summed E-state index contributed by atoms with van der Waals surface area (Å²) in [4.78, 5) is 0. The summed E-state index contributed by atoms with van der Waals surface area (Å²) in [7, 11) is 1.42. The molecule has 19 unspecified atom stereocenters. The van der Waals surface area contributed by atoms with E-state index in [0.29, 0.717) is 0 Å². The van der Waals surface area contributed by atoms with Gasteiger partial charge in [-0.05, 0) is 38.0 Å². The third-order valence-corrected chi connectivity index (χ3v) is 9.69. The minimum Gasteiger partial charge on any atom is -0.394 e. The molecule has 19 atom stereocenters. The van der Waals surface area contributed by atoms with E-state index in [1.54, 1.807) is 0 Å². The molecule has 3 saturated heterocycles. The van der Waals surface area contributed by atoms with Crippen LogP contribution in [-0.4, -0.2) is 176 Å². The first-order valence-electron chi connectivity index (χ1n) is 14.9. The molecule has 3 heterocycles. The molecule has 2 saturated carbocycles. The normalized spacial score (nSPS) is 54.6. The van der Waals surface area contributed by atoms with Crippen LogP contribution in [0.25, 0.3) is 0 Å². The summed E-state index contributed by atoms with van der Waals surface area (Å²) < 4.78 is 35.2. The van der Waals surface area contributed by atoms with Crippen LogP contribution in [-0.2, 0) is 28.4 Å². The van der Waals surface area contributed by atoms with E-state index in [2.05, 4.69) is 0 Å². The van der Waals surface area contributed by atoms with Crippen LogP contribution in [0.1, 0.15) is 32.1 Å². The number of rotatable bonds is 7. The van der Waals surface area contributed by atoms with Crippen LogP contribution in [0, 0.1) is 11.8 Å². The Morgan fingerprint density at radius 3 is 2.09 bits per heavy atom. The molecular weight excluding hydrogens is 580 g/mol. The highest BCUT2D eigenvalue weighted by Crippen LogP contribution is 2.44. The van der Waals surface area contributed by atoms with Crippen molar-refractivity contribution < 1.29 is 79.5 Å². The van der Waals surface area contributed by atoms with Crippen molar-refractivity contribution in [2.75, 3.05) is 20.3 Å². The van der Waals surface area contributed by atoms with Gasteiger partial charge in [-0.3, -0.25) is 0 Å². The smallest absolute Gasteiger partial charge is 0.187 e. The topological polar surface area (TPSA) is 258 Å². The maximum atomic E-state index is 11.0. The number of ether oxygens (including phenoxy) is 6. The molecule has 0 spiro atoms. The molecule has 0 aromatic carbocycles. The Bertz CT molecular complexity index is 899. The molecule has 0 aromatic heterocycles. The van der Waals surface area contributed by atoms with Gasteiger partial charge in [-0.25, -0.2) is 0 Å². The number of methoxy groups -OCH3 is 1. The third kappa shape index (κ3) is 6.90. The fraction of sp³-hybridized carbons (Fsp3) is 1.00. The van der Waals surface area contributed by atoms with Crippen LogP contribution in [0.3, 0.4) is 0 Å². The number of hydrogen-bond donors (Lipinski definition) is 10. The number of fused-ring (bicyclic) bond motifs is 1. The van der Waals surface area contributed by atoms with Gasteiger partial charge in [0.1, 0.15) is 48.8 Å². The molecule has 5 aliphatic rings. The van der Waals surface area contributed by atoms with Crippen LogP contribution in [0.2, 0.25) is 0 Å². The molecule has 5 fully saturated rings. The predicted octanol–water partition coefficient (Wildman–Crippen LogP) is -4.93. The van der Waals surface area contributed by atoms with Crippen LogP contribution in [0.4, 0.5) is 0 Å². The van der Waals surface area contributed by atoms with Gasteiger partial charge < -0.3 is 79.5 Å². The molecule has 16 nitrogen and oxygen atoms in total. The lowest BCUT2D eigenvalue weighted by Crippen LogP contribution is -2.65. The molecule has 250 valence electrons. The molecule has 10 N–H and O–H groups in total. The van der Waals surface area contributed by atoms with Crippen molar-refractivity contribution in [2.24, 2.45) is 11.8 Å². The first kappa shape index (κ1) is 33.7. The second kappa shape index (κ2) is 14.0. The predicted molar refractivity (Wildman–Crippen MR) is 139 cm³/mol. The van der Waals surface area contributed by atoms with E-state index >= 15 is 0 Å². The number of aliphatic hydroxyl groups is 10. The van der Waals surface area contributed by atoms with Crippen molar-refractivity contribution in [1.29, 1.82) is 0 Å². The van der Waals surface area contributed by atoms with Gasteiger partial charge in [0.2, 0.25) is 0 Å². The van der Waals surface area contributed by atoms with Gasteiger partial charge in [0, 0.05) is 13.0 Å². The highest BCUT2D eigenvalue weighted by Gasteiger charge is 2.54. The van der Waals surface area contributed by atoms with Crippen LogP contribution >= 0.6 is 0 Å². The molecule has 0 radical (unpaired) electrons. The van der Waals surface area contributed by atoms with Gasteiger partial charge in [0.15, 0.2) is 12.6 Å². The standard InChI is InChI=1S/C27H46O16/c1-38-16-3-9(2-13(31)19(16)33)24-17(6-11-12(30)4-10(29)5-15(11)40-24)41-27-25(22(36)21(35)18(7-28)42-27)43-26-23(37)20(34)14(32)8-39-26/h9-37H,2-8H2,1H3. The van der Waals surface area contributed by atoms with E-state index in [1.165, 1.54) is 7.11 Å². The minimum atomic E-state index is -1.72. The Kier molecular flexibility index (Phi) is 11.0. The summed E-state index contributed by atoms with van der Waals surface area (Å²) in [6, 6.07) is 0.